The summed E-state index contributed by atoms with van der Waals surface area (Å²) >= 11 is 0. The minimum absolute atomic E-state index is 0.187. The topological polar surface area (TPSA) is 63.2 Å². The van der Waals surface area contributed by atoms with E-state index < -0.39 is 0 Å². The summed E-state index contributed by atoms with van der Waals surface area (Å²) in [6, 6.07) is 14.9. The fourth-order valence-corrected chi connectivity index (χ4v) is 4.56. The minimum Gasteiger partial charge on any atom is -0.492 e. The van der Waals surface area contributed by atoms with Crippen molar-refractivity contribution in [2.24, 2.45) is 5.41 Å². The van der Waals surface area contributed by atoms with Crippen molar-refractivity contribution in [3.63, 3.8) is 0 Å². The van der Waals surface area contributed by atoms with Gasteiger partial charge in [0.1, 0.15) is 5.75 Å². The molecular formula is C22H27N3O2. The number of nitrogens with one attached hydrogen (secondary N) is 2. The molecule has 1 aromatic heterocycles. The van der Waals surface area contributed by atoms with Gasteiger partial charge < -0.3 is 15.4 Å². The Morgan fingerprint density at radius 1 is 1.22 bits per heavy atom. The lowest BCUT2D eigenvalue weighted by Crippen LogP contribution is -2.50. The van der Waals surface area contributed by atoms with Crippen molar-refractivity contribution in [3.8, 4) is 5.75 Å². The van der Waals surface area contributed by atoms with Crippen LogP contribution in [0.1, 0.15) is 31.2 Å². The second-order valence-corrected chi connectivity index (χ2v) is 7.66. The van der Waals surface area contributed by atoms with Gasteiger partial charge in [-0.15, -0.1) is 0 Å². The van der Waals surface area contributed by atoms with E-state index in [1.165, 1.54) is 12.0 Å². The highest BCUT2D eigenvalue weighted by Crippen LogP contribution is 2.45. The molecule has 5 heteroatoms. The van der Waals surface area contributed by atoms with E-state index in [1.54, 1.807) is 12.4 Å². The molecule has 0 unspecified atom stereocenters. The first kappa shape index (κ1) is 18.0. The summed E-state index contributed by atoms with van der Waals surface area (Å²) in [5.41, 5.74) is 0.913. The van der Waals surface area contributed by atoms with Crippen molar-refractivity contribution in [1.29, 1.82) is 0 Å². The predicted molar refractivity (Wildman–Crippen MR) is 105 cm³/mol. The number of hydrogen-bond donors (Lipinski definition) is 2. The first-order valence-electron chi connectivity index (χ1n) is 9.87. The van der Waals surface area contributed by atoms with Crippen LogP contribution < -0.4 is 15.4 Å². The standard InChI is InChI=1S/C22H27N3O2/c26-21(24-12-5-13-27-19-8-4-11-23-16-19)22(14-17-6-2-1-3-7-17)15-18-9-10-20(22)25-18/h1-4,6-8,11,16,18,20,25H,5,9-10,12-15H2,(H,24,26)/t18-,20+,22+/m0/s1. The third-order valence-electron chi connectivity index (χ3n) is 5.84. The van der Waals surface area contributed by atoms with E-state index in [0.29, 0.717) is 19.2 Å². The lowest BCUT2D eigenvalue weighted by molar-refractivity contribution is -0.132. The number of ether oxygens (including phenoxy) is 1. The molecule has 2 bridgehead atoms. The number of carbonyl (C=O) groups is 1. The summed E-state index contributed by atoms with van der Waals surface area (Å²) in [6.07, 6.45) is 8.23. The smallest absolute Gasteiger partial charge is 0.228 e. The molecule has 4 rings (SSSR count). The molecule has 1 aromatic carbocycles. The zero-order chi connectivity index (χ0) is 18.5. The first-order valence-corrected chi connectivity index (χ1v) is 9.87. The molecule has 0 spiro atoms. The minimum atomic E-state index is -0.325. The molecule has 0 radical (unpaired) electrons. The van der Waals surface area contributed by atoms with Crippen LogP contribution in [0.25, 0.3) is 0 Å². The first-order chi connectivity index (χ1) is 13.3. The molecule has 3 atom stereocenters. The van der Waals surface area contributed by atoms with Gasteiger partial charge in [0.15, 0.2) is 0 Å². The van der Waals surface area contributed by atoms with E-state index in [-0.39, 0.29) is 17.4 Å². The fourth-order valence-electron chi connectivity index (χ4n) is 4.56. The zero-order valence-corrected chi connectivity index (χ0v) is 15.6. The quantitative estimate of drug-likeness (QED) is 0.706. The highest BCUT2D eigenvalue weighted by atomic mass is 16.5. The Kier molecular flexibility index (Phi) is 5.39. The number of hydrogen-bond acceptors (Lipinski definition) is 4. The Hall–Kier alpha value is -2.40. The van der Waals surface area contributed by atoms with Gasteiger partial charge in [-0.1, -0.05) is 30.3 Å². The largest absolute Gasteiger partial charge is 0.492 e. The third kappa shape index (κ3) is 3.98. The summed E-state index contributed by atoms with van der Waals surface area (Å²) in [4.78, 5) is 17.2. The molecule has 0 saturated carbocycles. The second kappa shape index (κ2) is 8.09. The number of rotatable bonds is 8. The molecule has 2 aliphatic rings. The SMILES string of the molecule is O=C(NCCCOc1cccnc1)[C@]1(Cc2ccccc2)C[C@@H]2CC[C@H]1N2. The maximum absolute atomic E-state index is 13.2. The molecule has 2 saturated heterocycles. The van der Waals surface area contributed by atoms with Gasteiger partial charge >= 0.3 is 0 Å². The molecule has 5 nitrogen and oxygen atoms in total. The van der Waals surface area contributed by atoms with Gasteiger partial charge in [-0.3, -0.25) is 9.78 Å². The fraction of sp³-hybridized carbons (Fsp3) is 0.455. The molecule has 2 aromatic rings. The summed E-state index contributed by atoms with van der Waals surface area (Å²) in [7, 11) is 0. The molecule has 2 aliphatic heterocycles. The monoisotopic (exact) mass is 365 g/mol. The Morgan fingerprint density at radius 2 is 2.11 bits per heavy atom. The molecule has 2 N–H and O–H groups in total. The molecule has 27 heavy (non-hydrogen) atoms. The van der Waals surface area contributed by atoms with Crippen LogP contribution in [-0.2, 0) is 11.2 Å². The maximum atomic E-state index is 13.2. The number of amides is 1. The highest BCUT2D eigenvalue weighted by molar-refractivity contribution is 5.84. The Balaban J connectivity index is 1.33. The molecule has 2 fully saturated rings. The van der Waals surface area contributed by atoms with Crippen LogP contribution in [0.2, 0.25) is 0 Å². The number of aromatic nitrogens is 1. The van der Waals surface area contributed by atoms with Crippen LogP contribution in [0, 0.1) is 5.41 Å². The molecular weight excluding hydrogens is 338 g/mol. The molecule has 3 heterocycles. The van der Waals surface area contributed by atoms with Crippen molar-refractivity contribution in [1.82, 2.24) is 15.6 Å². The number of nitrogens with zero attached hydrogens (tertiary/aromatic N) is 1. The van der Waals surface area contributed by atoms with Crippen LogP contribution in [-0.4, -0.2) is 36.1 Å². The van der Waals surface area contributed by atoms with E-state index >= 15 is 0 Å². The van der Waals surface area contributed by atoms with E-state index in [2.05, 4.69) is 39.9 Å². The second-order valence-electron chi connectivity index (χ2n) is 7.66. The van der Waals surface area contributed by atoms with Gasteiger partial charge in [0.05, 0.1) is 18.2 Å². The van der Waals surface area contributed by atoms with Crippen LogP contribution >= 0.6 is 0 Å². The van der Waals surface area contributed by atoms with Gasteiger partial charge in [0.2, 0.25) is 5.91 Å². The number of carbonyl (C=O) groups excluding carboxylic acids is 1. The normalized spacial score (nSPS) is 26.1. The van der Waals surface area contributed by atoms with Gasteiger partial charge in [-0.05, 0) is 49.8 Å². The average Bonchev–Trinajstić information content (AvgIpc) is 3.31. The van der Waals surface area contributed by atoms with E-state index in [1.807, 2.05) is 18.2 Å². The Labute approximate surface area is 160 Å². The van der Waals surface area contributed by atoms with Crippen molar-refractivity contribution in [2.45, 2.75) is 44.2 Å². The van der Waals surface area contributed by atoms with Gasteiger partial charge in [-0.25, -0.2) is 0 Å². The number of benzene rings is 1. The van der Waals surface area contributed by atoms with Crippen LogP contribution in [0.4, 0.5) is 0 Å². The van der Waals surface area contributed by atoms with Gasteiger partial charge in [0.25, 0.3) is 0 Å². The lowest BCUT2D eigenvalue weighted by Gasteiger charge is -2.35. The highest BCUT2D eigenvalue weighted by Gasteiger charge is 2.55. The summed E-state index contributed by atoms with van der Waals surface area (Å²) < 4.78 is 5.66. The summed E-state index contributed by atoms with van der Waals surface area (Å²) in [6.45, 7) is 1.20. The van der Waals surface area contributed by atoms with Crippen LogP contribution in [0.3, 0.4) is 0 Å². The van der Waals surface area contributed by atoms with Crippen molar-refractivity contribution in [2.75, 3.05) is 13.2 Å². The summed E-state index contributed by atoms with van der Waals surface area (Å²) in [5.74, 6) is 0.953. The van der Waals surface area contributed by atoms with Crippen molar-refractivity contribution >= 4 is 5.91 Å². The number of pyridine rings is 1. The summed E-state index contributed by atoms with van der Waals surface area (Å²) in [5, 5.41) is 6.83. The van der Waals surface area contributed by atoms with E-state index in [0.717, 1.165) is 31.4 Å². The average molecular weight is 365 g/mol. The molecule has 142 valence electrons. The molecule has 1 amide bonds. The van der Waals surface area contributed by atoms with Crippen molar-refractivity contribution in [3.05, 3.63) is 60.4 Å². The van der Waals surface area contributed by atoms with Crippen LogP contribution in [0.15, 0.2) is 54.9 Å². The Bertz CT molecular complexity index is 753. The maximum Gasteiger partial charge on any atom is 0.228 e. The van der Waals surface area contributed by atoms with E-state index in [4.69, 9.17) is 4.74 Å². The van der Waals surface area contributed by atoms with Gasteiger partial charge in [-0.2, -0.15) is 0 Å². The lowest BCUT2D eigenvalue weighted by atomic mass is 9.69. The third-order valence-corrected chi connectivity index (χ3v) is 5.84. The number of fused-ring (bicyclic) bond motifs is 2. The van der Waals surface area contributed by atoms with E-state index in [9.17, 15) is 4.79 Å². The Morgan fingerprint density at radius 3 is 2.81 bits per heavy atom. The molecule has 0 aliphatic carbocycles. The van der Waals surface area contributed by atoms with Crippen molar-refractivity contribution < 1.29 is 9.53 Å². The van der Waals surface area contributed by atoms with Crippen LogP contribution in [0.5, 0.6) is 5.75 Å². The zero-order valence-electron chi connectivity index (χ0n) is 15.6. The van der Waals surface area contributed by atoms with Gasteiger partial charge in [0, 0.05) is 24.8 Å². The predicted octanol–water partition coefficient (Wildman–Crippen LogP) is 2.72.